The smallest absolute Gasteiger partial charge is 0.140 e. The number of hydrogen-bond acceptors (Lipinski definition) is 3. The van der Waals surface area contributed by atoms with Gasteiger partial charge in [-0.3, -0.25) is 4.79 Å². The standard InChI is InChI=1S/C22H31NO3.ClH/c1-4-23-10-20(3)6-5-17(25)22-15(20)7-13(18(22)23)21-9-12(11(2)19(21)26)14(24)8-16(21)22;/h12-13,15-19,25-26H,2,4-10H2,1,3H3;1H/t12-,13+,15-,16-,17+,18?,19-,20+,21-,22+;/m1./s1. The molecule has 3 N–H and O–H groups in total. The second kappa shape index (κ2) is 5.19. The highest BCUT2D eigenvalue weighted by Gasteiger charge is 2.87. The number of fused-ring (bicyclic) bond motifs is 1. The van der Waals surface area contributed by atoms with Gasteiger partial charge in [0.25, 0.3) is 0 Å². The van der Waals surface area contributed by atoms with Crippen molar-refractivity contribution < 1.29 is 32.3 Å². The lowest BCUT2D eigenvalue weighted by Crippen LogP contribution is -3.20. The van der Waals surface area contributed by atoms with Crippen molar-refractivity contribution in [2.75, 3.05) is 13.1 Å². The number of Topliss-reactive ketones (excluding diaryl/α,β-unsaturated/α-hetero) is 1. The molecule has 1 aliphatic heterocycles. The molecule has 6 fully saturated rings. The molecule has 0 aromatic heterocycles. The lowest BCUT2D eigenvalue weighted by molar-refractivity contribution is -0.947. The number of likely N-dealkylation sites (tertiary alicyclic amines) is 1. The quantitative estimate of drug-likeness (QED) is 0.435. The molecule has 0 radical (unpaired) electrons. The molecule has 5 aliphatic carbocycles. The molecule has 6 rings (SSSR count). The molecule has 4 nitrogen and oxygen atoms in total. The van der Waals surface area contributed by atoms with E-state index >= 15 is 0 Å². The number of quaternary nitrogens is 1. The average molecular weight is 394 g/mol. The third-order valence-corrected chi connectivity index (χ3v) is 10.6. The Morgan fingerprint density at radius 3 is 2.74 bits per heavy atom. The van der Waals surface area contributed by atoms with Crippen LogP contribution in [0.3, 0.4) is 0 Å². The number of carbonyl (C=O) groups is 1. The molecule has 0 amide bonds. The lowest BCUT2D eigenvalue weighted by atomic mass is 9.43. The Bertz CT molecular complexity index is 741. The largest absolute Gasteiger partial charge is 1.00 e. The molecule has 0 aromatic carbocycles. The number of aliphatic hydroxyl groups is 2. The zero-order valence-corrected chi connectivity index (χ0v) is 17.1. The van der Waals surface area contributed by atoms with Crippen molar-refractivity contribution in [3.8, 4) is 0 Å². The van der Waals surface area contributed by atoms with Crippen LogP contribution in [-0.4, -0.2) is 47.3 Å². The SMILES string of the molecule is C=C1[C@H]2C[C@]3([C@@H]1O)[C@@H](CC2=O)[C@@]12C4[C@@H]3C[C@@H]1[C@@](C)(CC[C@@H]2O)C[NH+]4CC.[Cl-]. The number of halogens is 1. The number of aliphatic hydroxyl groups excluding tert-OH is 2. The van der Waals surface area contributed by atoms with E-state index in [1.54, 1.807) is 4.90 Å². The predicted molar refractivity (Wildman–Crippen MR) is 96.3 cm³/mol. The van der Waals surface area contributed by atoms with E-state index in [9.17, 15) is 15.0 Å². The van der Waals surface area contributed by atoms with E-state index in [1.165, 1.54) is 6.54 Å². The van der Waals surface area contributed by atoms with Gasteiger partial charge in [0.05, 0.1) is 36.8 Å². The van der Waals surface area contributed by atoms with Crippen LogP contribution in [0.5, 0.6) is 0 Å². The van der Waals surface area contributed by atoms with Gasteiger partial charge in [0.2, 0.25) is 0 Å². The van der Waals surface area contributed by atoms with Crippen LogP contribution in [0.4, 0.5) is 0 Å². The average Bonchev–Trinajstić information content (AvgIpc) is 3.14. The molecule has 27 heavy (non-hydrogen) atoms. The normalized spacial score (nSPS) is 62.4. The minimum absolute atomic E-state index is 0. The fourth-order valence-electron chi connectivity index (χ4n) is 10.00. The van der Waals surface area contributed by atoms with E-state index < -0.39 is 6.10 Å². The Kier molecular flexibility index (Phi) is 3.57. The maximum atomic E-state index is 13.0. The minimum atomic E-state index is -0.548. The number of carbonyl (C=O) groups excluding carboxylic acids is 1. The van der Waals surface area contributed by atoms with Gasteiger partial charge in [-0.15, -0.1) is 0 Å². The zero-order valence-electron chi connectivity index (χ0n) is 16.4. The molecule has 150 valence electrons. The summed E-state index contributed by atoms with van der Waals surface area (Å²) in [6.07, 6.45) is 3.62. The third kappa shape index (κ3) is 1.62. The molecule has 7 bridgehead atoms. The van der Waals surface area contributed by atoms with Gasteiger partial charge in [-0.2, -0.15) is 0 Å². The van der Waals surface area contributed by atoms with E-state index in [-0.39, 0.29) is 52.4 Å². The van der Waals surface area contributed by atoms with Crippen LogP contribution in [0.25, 0.3) is 0 Å². The summed E-state index contributed by atoms with van der Waals surface area (Å²) in [5.41, 5.74) is 0.703. The van der Waals surface area contributed by atoms with Gasteiger partial charge in [0, 0.05) is 29.1 Å². The Morgan fingerprint density at radius 1 is 1.30 bits per heavy atom. The summed E-state index contributed by atoms with van der Waals surface area (Å²) < 4.78 is 0. The summed E-state index contributed by atoms with van der Waals surface area (Å²) in [5.74, 6) is 1.26. The minimum Gasteiger partial charge on any atom is -1.00 e. The predicted octanol–water partition coefficient (Wildman–Crippen LogP) is -2.41. The monoisotopic (exact) mass is 393 g/mol. The molecule has 1 heterocycles. The van der Waals surface area contributed by atoms with E-state index in [0.29, 0.717) is 24.3 Å². The van der Waals surface area contributed by atoms with Crippen molar-refractivity contribution in [2.24, 2.45) is 39.9 Å². The number of nitrogens with one attached hydrogen (secondary N) is 1. The lowest BCUT2D eigenvalue weighted by Gasteiger charge is -2.63. The first kappa shape index (κ1) is 18.6. The summed E-state index contributed by atoms with van der Waals surface area (Å²) in [5, 5.41) is 22.8. The number of piperidine rings is 1. The summed E-state index contributed by atoms with van der Waals surface area (Å²) in [6, 6.07) is 0.415. The Balaban J connectivity index is 0.00000160. The summed E-state index contributed by atoms with van der Waals surface area (Å²) in [7, 11) is 0. The van der Waals surface area contributed by atoms with Gasteiger partial charge in [-0.25, -0.2) is 0 Å². The second-order valence-electron chi connectivity index (χ2n) is 10.8. The van der Waals surface area contributed by atoms with Gasteiger partial charge in [0.1, 0.15) is 5.78 Å². The van der Waals surface area contributed by atoms with E-state index in [2.05, 4.69) is 20.4 Å². The van der Waals surface area contributed by atoms with E-state index in [0.717, 1.165) is 37.8 Å². The third-order valence-electron chi connectivity index (χ3n) is 10.6. The Morgan fingerprint density at radius 2 is 2.04 bits per heavy atom. The molecule has 6 aliphatic rings. The van der Waals surface area contributed by atoms with Crippen molar-refractivity contribution in [3.05, 3.63) is 12.2 Å². The molecule has 0 aromatic rings. The van der Waals surface area contributed by atoms with Gasteiger partial charge in [-0.05, 0) is 50.0 Å². The summed E-state index contributed by atoms with van der Waals surface area (Å²) in [6.45, 7) is 11.2. The molecule has 1 saturated heterocycles. The molecular formula is C22H32ClNO3. The van der Waals surface area contributed by atoms with Crippen LogP contribution in [0, 0.1) is 39.9 Å². The number of hydrogen-bond donors (Lipinski definition) is 3. The van der Waals surface area contributed by atoms with Gasteiger partial charge >= 0.3 is 0 Å². The Hall–Kier alpha value is -0.420. The molecular weight excluding hydrogens is 362 g/mol. The summed E-state index contributed by atoms with van der Waals surface area (Å²) >= 11 is 0. The maximum Gasteiger partial charge on any atom is 0.140 e. The fourth-order valence-corrected chi connectivity index (χ4v) is 10.00. The maximum absolute atomic E-state index is 13.0. The van der Waals surface area contributed by atoms with Crippen molar-refractivity contribution in [1.82, 2.24) is 0 Å². The first-order valence-electron chi connectivity index (χ1n) is 10.7. The van der Waals surface area contributed by atoms with Crippen LogP contribution >= 0.6 is 0 Å². The van der Waals surface area contributed by atoms with Crippen LogP contribution < -0.4 is 17.3 Å². The highest BCUT2D eigenvalue weighted by atomic mass is 35.5. The van der Waals surface area contributed by atoms with E-state index in [4.69, 9.17) is 0 Å². The number of rotatable bonds is 1. The molecule has 2 unspecified atom stereocenters. The van der Waals surface area contributed by atoms with Crippen LogP contribution in [0.1, 0.15) is 46.0 Å². The van der Waals surface area contributed by atoms with Gasteiger partial charge in [0.15, 0.2) is 0 Å². The topological polar surface area (TPSA) is 62.0 Å². The van der Waals surface area contributed by atoms with Crippen molar-refractivity contribution >= 4 is 5.78 Å². The van der Waals surface area contributed by atoms with E-state index in [1.807, 2.05) is 0 Å². The van der Waals surface area contributed by atoms with Crippen LogP contribution in [0.15, 0.2) is 12.2 Å². The molecule has 11 atom stereocenters. The van der Waals surface area contributed by atoms with Crippen molar-refractivity contribution in [1.29, 1.82) is 0 Å². The van der Waals surface area contributed by atoms with Gasteiger partial charge in [-0.1, -0.05) is 13.5 Å². The van der Waals surface area contributed by atoms with Crippen molar-refractivity contribution in [3.63, 3.8) is 0 Å². The van der Waals surface area contributed by atoms with Gasteiger partial charge < -0.3 is 27.5 Å². The second-order valence-corrected chi connectivity index (χ2v) is 10.8. The molecule has 5 saturated carbocycles. The highest BCUT2D eigenvalue weighted by Crippen LogP contribution is 2.81. The number of ketones is 1. The van der Waals surface area contributed by atoms with Crippen LogP contribution in [0.2, 0.25) is 0 Å². The van der Waals surface area contributed by atoms with Crippen molar-refractivity contribution in [2.45, 2.75) is 64.2 Å². The first-order chi connectivity index (χ1) is 12.3. The first-order valence-corrected chi connectivity index (χ1v) is 10.7. The molecule has 5 heteroatoms. The van der Waals surface area contributed by atoms with Crippen LogP contribution in [-0.2, 0) is 4.79 Å². The fraction of sp³-hybridized carbons (Fsp3) is 0.864. The highest BCUT2D eigenvalue weighted by molar-refractivity contribution is 5.87. The molecule has 2 spiro atoms. The summed E-state index contributed by atoms with van der Waals surface area (Å²) in [4.78, 5) is 14.6. The Labute approximate surface area is 167 Å². The zero-order chi connectivity index (χ0) is 18.2.